The molecule has 0 bridgehead atoms. The lowest BCUT2D eigenvalue weighted by atomic mass is 9.64. The first kappa shape index (κ1) is 24.2. The average Bonchev–Trinajstić information content (AvgIpc) is 3.04. The predicted octanol–water partition coefficient (Wildman–Crippen LogP) is 9.74. The quantitative estimate of drug-likeness (QED) is 0.165. The van der Waals surface area contributed by atoms with Gasteiger partial charge in [-0.3, -0.25) is 0 Å². The summed E-state index contributed by atoms with van der Waals surface area (Å²) in [5, 5.41) is 0. The zero-order valence-electron chi connectivity index (χ0n) is 20.1. The normalized spacial score (nSPS) is 27.3. The average molecular weight is 397 g/mol. The lowest BCUT2D eigenvalue weighted by Gasteiger charge is -2.40. The third-order valence-electron chi connectivity index (χ3n) is 7.95. The van der Waals surface area contributed by atoms with Crippen molar-refractivity contribution >= 4 is 0 Å². The highest BCUT2D eigenvalue weighted by atomic mass is 14.5. The fourth-order valence-electron chi connectivity index (χ4n) is 5.62. The Hall–Kier alpha value is -1.04. The number of fused-ring (bicyclic) bond motifs is 1. The molecule has 0 heteroatoms. The minimum atomic E-state index is 0.551. The number of allylic oxidation sites excluding steroid dienone is 7. The Morgan fingerprint density at radius 3 is 2.62 bits per heavy atom. The maximum atomic E-state index is 4.13. The van der Waals surface area contributed by atoms with Gasteiger partial charge >= 0.3 is 0 Å². The third kappa shape index (κ3) is 7.62. The smallest absolute Gasteiger partial charge is 0.0222 e. The largest absolute Gasteiger partial charge is 0.0999 e. The summed E-state index contributed by atoms with van der Waals surface area (Å²) in [5.74, 6) is 1.88. The molecule has 0 radical (unpaired) electrons. The minimum absolute atomic E-state index is 0.551. The van der Waals surface area contributed by atoms with Gasteiger partial charge in [-0.05, 0) is 75.5 Å². The Labute approximate surface area is 182 Å². The second-order valence-corrected chi connectivity index (χ2v) is 10.2. The Kier molecular flexibility index (Phi) is 10.5. The van der Waals surface area contributed by atoms with E-state index in [1.54, 1.807) is 5.57 Å². The highest BCUT2D eigenvalue weighted by molar-refractivity contribution is 5.28. The molecular formula is C29H48. The molecule has 3 unspecified atom stereocenters. The Bertz CT molecular complexity index is 587. The van der Waals surface area contributed by atoms with E-state index in [0.29, 0.717) is 5.41 Å². The van der Waals surface area contributed by atoms with Crippen molar-refractivity contribution in [3.63, 3.8) is 0 Å². The van der Waals surface area contributed by atoms with Crippen molar-refractivity contribution in [3.8, 4) is 0 Å². The number of hydrogen-bond donors (Lipinski definition) is 0. The van der Waals surface area contributed by atoms with Crippen LogP contribution in [0.2, 0.25) is 0 Å². The molecule has 0 amide bonds. The molecule has 0 heterocycles. The summed E-state index contributed by atoms with van der Waals surface area (Å²) < 4.78 is 0. The van der Waals surface area contributed by atoms with Crippen molar-refractivity contribution in [2.45, 2.75) is 118 Å². The van der Waals surface area contributed by atoms with Gasteiger partial charge in [0.15, 0.2) is 0 Å². The van der Waals surface area contributed by atoms with Crippen molar-refractivity contribution in [1.29, 1.82) is 0 Å². The van der Waals surface area contributed by atoms with Gasteiger partial charge in [0.05, 0.1) is 0 Å². The van der Waals surface area contributed by atoms with Gasteiger partial charge in [-0.25, -0.2) is 0 Å². The zero-order chi connectivity index (χ0) is 21.1. The van der Waals surface area contributed by atoms with Crippen LogP contribution in [0.25, 0.3) is 0 Å². The molecule has 2 aliphatic carbocycles. The van der Waals surface area contributed by atoms with Gasteiger partial charge in [0.1, 0.15) is 0 Å². The Morgan fingerprint density at radius 1 is 1.10 bits per heavy atom. The highest BCUT2D eigenvalue weighted by Gasteiger charge is 2.46. The first-order valence-corrected chi connectivity index (χ1v) is 12.7. The predicted molar refractivity (Wildman–Crippen MR) is 131 cm³/mol. The summed E-state index contributed by atoms with van der Waals surface area (Å²) in [4.78, 5) is 0. The van der Waals surface area contributed by atoms with Gasteiger partial charge in [-0.1, -0.05) is 107 Å². The van der Waals surface area contributed by atoms with Gasteiger partial charge in [0, 0.05) is 0 Å². The molecular weight excluding hydrogens is 348 g/mol. The zero-order valence-corrected chi connectivity index (χ0v) is 20.1. The summed E-state index contributed by atoms with van der Waals surface area (Å²) in [6, 6.07) is 0. The molecule has 0 aliphatic heterocycles. The van der Waals surface area contributed by atoms with E-state index in [9.17, 15) is 0 Å². The van der Waals surface area contributed by atoms with Crippen molar-refractivity contribution in [3.05, 3.63) is 47.6 Å². The van der Waals surface area contributed by atoms with Crippen LogP contribution in [0.3, 0.4) is 0 Å². The van der Waals surface area contributed by atoms with Crippen molar-refractivity contribution in [1.82, 2.24) is 0 Å². The van der Waals surface area contributed by atoms with E-state index in [1.165, 1.54) is 81.8 Å². The first-order valence-electron chi connectivity index (χ1n) is 12.7. The minimum Gasteiger partial charge on any atom is -0.0999 e. The van der Waals surface area contributed by atoms with E-state index in [0.717, 1.165) is 31.1 Å². The topological polar surface area (TPSA) is 0 Å². The van der Waals surface area contributed by atoms with Gasteiger partial charge in [-0.15, -0.1) is 0 Å². The fourth-order valence-corrected chi connectivity index (χ4v) is 5.62. The molecule has 29 heavy (non-hydrogen) atoms. The van der Waals surface area contributed by atoms with Crippen LogP contribution in [0.4, 0.5) is 0 Å². The Balaban J connectivity index is 1.82. The molecule has 1 fully saturated rings. The van der Waals surface area contributed by atoms with E-state index < -0.39 is 0 Å². The monoisotopic (exact) mass is 396 g/mol. The number of hydrogen-bond acceptors (Lipinski definition) is 0. The lowest BCUT2D eigenvalue weighted by molar-refractivity contribution is 0.139. The van der Waals surface area contributed by atoms with Crippen LogP contribution in [0.1, 0.15) is 118 Å². The SMILES string of the molecule is C=C(CC)CC/C(C)=C/C=C\C1=CCC2CCC(CCCCCCCC)C2(C)C1. The molecule has 3 atom stereocenters. The third-order valence-corrected chi connectivity index (χ3v) is 7.95. The Morgan fingerprint density at radius 2 is 1.86 bits per heavy atom. The lowest BCUT2D eigenvalue weighted by Crippen LogP contribution is -2.31. The van der Waals surface area contributed by atoms with Crippen molar-refractivity contribution < 1.29 is 0 Å². The summed E-state index contributed by atoms with van der Waals surface area (Å²) in [6.07, 6.45) is 28.5. The molecule has 0 aromatic heterocycles. The molecule has 164 valence electrons. The van der Waals surface area contributed by atoms with E-state index in [1.807, 2.05) is 0 Å². The van der Waals surface area contributed by atoms with Crippen LogP contribution in [0.5, 0.6) is 0 Å². The van der Waals surface area contributed by atoms with Crippen LogP contribution in [0.15, 0.2) is 47.6 Å². The maximum Gasteiger partial charge on any atom is -0.0222 e. The van der Waals surface area contributed by atoms with Crippen molar-refractivity contribution in [2.24, 2.45) is 17.3 Å². The number of rotatable bonds is 13. The first-order chi connectivity index (χ1) is 14.0. The van der Waals surface area contributed by atoms with E-state index >= 15 is 0 Å². The summed E-state index contributed by atoms with van der Waals surface area (Å²) in [6.45, 7) is 13.5. The summed E-state index contributed by atoms with van der Waals surface area (Å²) >= 11 is 0. The molecule has 2 aliphatic rings. The standard InChI is InChI=1S/C29H48/c1-6-8-9-10-11-12-16-27-21-22-28-20-19-26(23-29(27,28)5)15-13-14-25(4)18-17-24(3)7-2/h13-15,19,27-28H,3,6-12,16-18,20-23H2,1-2,4-5H3/b15-13-,25-14+. The highest BCUT2D eigenvalue weighted by Crippen LogP contribution is 2.56. The maximum absolute atomic E-state index is 4.13. The molecule has 1 saturated carbocycles. The molecule has 0 aromatic carbocycles. The van der Waals surface area contributed by atoms with Crippen molar-refractivity contribution in [2.75, 3.05) is 0 Å². The second kappa shape index (κ2) is 12.6. The van der Waals surface area contributed by atoms with E-state index in [4.69, 9.17) is 0 Å². The van der Waals surface area contributed by atoms with Crippen LogP contribution in [-0.4, -0.2) is 0 Å². The van der Waals surface area contributed by atoms with Gasteiger partial charge in [-0.2, -0.15) is 0 Å². The summed E-state index contributed by atoms with van der Waals surface area (Å²) in [7, 11) is 0. The van der Waals surface area contributed by atoms with Crippen LogP contribution in [0, 0.1) is 17.3 Å². The molecule has 0 aromatic rings. The molecule has 0 nitrogen and oxygen atoms in total. The molecule has 0 saturated heterocycles. The van der Waals surface area contributed by atoms with Crippen LogP contribution >= 0.6 is 0 Å². The molecule has 2 rings (SSSR count). The van der Waals surface area contributed by atoms with Crippen LogP contribution < -0.4 is 0 Å². The second-order valence-electron chi connectivity index (χ2n) is 10.2. The molecule has 0 spiro atoms. The number of unbranched alkanes of at least 4 members (excludes halogenated alkanes) is 5. The molecule has 0 N–H and O–H groups in total. The van der Waals surface area contributed by atoms with Gasteiger partial charge < -0.3 is 0 Å². The van der Waals surface area contributed by atoms with Crippen LogP contribution in [-0.2, 0) is 0 Å². The fraction of sp³-hybridized carbons (Fsp3) is 0.724. The van der Waals surface area contributed by atoms with E-state index in [2.05, 4.69) is 58.6 Å². The van der Waals surface area contributed by atoms with Gasteiger partial charge in [0.25, 0.3) is 0 Å². The summed E-state index contributed by atoms with van der Waals surface area (Å²) in [5.41, 5.74) is 4.97. The van der Waals surface area contributed by atoms with Gasteiger partial charge in [0.2, 0.25) is 0 Å². The van der Waals surface area contributed by atoms with E-state index in [-0.39, 0.29) is 0 Å².